The Bertz CT molecular complexity index is 1160. The molecule has 2 aromatic carbocycles. The van der Waals surface area contributed by atoms with Crippen LogP contribution in [-0.2, 0) is 16.1 Å². The fourth-order valence-electron chi connectivity index (χ4n) is 3.85. The van der Waals surface area contributed by atoms with Gasteiger partial charge in [0.15, 0.2) is 18.3 Å². The first-order valence-corrected chi connectivity index (χ1v) is 10.9. The lowest BCUT2D eigenvalue weighted by atomic mass is 10.1. The van der Waals surface area contributed by atoms with Gasteiger partial charge < -0.3 is 19.7 Å². The first-order valence-electron chi connectivity index (χ1n) is 10.2. The average molecular weight is 492 g/mol. The van der Waals surface area contributed by atoms with Crippen LogP contribution >= 0.6 is 23.2 Å². The van der Waals surface area contributed by atoms with Gasteiger partial charge in [-0.3, -0.25) is 9.59 Å². The second kappa shape index (κ2) is 9.91. The predicted octanol–water partition coefficient (Wildman–Crippen LogP) is 3.94. The molecule has 2 amide bonds. The van der Waals surface area contributed by atoms with Crippen molar-refractivity contribution in [2.45, 2.75) is 31.3 Å². The minimum Gasteiger partial charge on any atom is -0.444 e. The Hall–Kier alpha value is -2.94. The highest BCUT2D eigenvalue weighted by Gasteiger charge is 2.41. The maximum absolute atomic E-state index is 14.2. The van der Waals surface area contributed by atoms with Crippen molar-refractivity contribution in [2.75, 3.05) is 6.54 Å². The molecular formula is C23H20Cl2FN3O4. The number of halogens is 3. The fourth-order valence-corrected chi connectivity index (χ4v) is 4.24. The number of aromatic nitrogens is 1. The highest BCUT2D eigenvalue weighted by atomic mass is 35.5. The quantitative estimate of drug-likeness (QED) is 0.544. The topological polar surface area (TPSA) is 95.7 Å². The van der Waals surface area contributed by atoms with Gasteiger partial charge in [-0.2, -0.15) is 0 Å². The zero-order valence-corrected chi connectivity index (χ0v) is 18.8. The summed E-state index contributed by atoms with van der Waals surface area (Å²) < 4.78 is 19.6. The molecule has 1 aromatic heterocycles. The molecule has 2 N–H and O–H groups in total. The summed E-state index contributed by atoms with van der Waals surface area (Å²) in [5, 5.41) is 14.1. The number of alkyl halides is 1. The number of amides is 2. The van der Waals surface area contributed by atoms with Crippen LogP contribution in [0.2, 0.25) is 10.0 Å². The Morgan fingerprint density at radius 2 is 2.03 bits per heavy atom. The number of hydrogen-bond donors (Lipinski definition) is 2. The molecule has 0 radical (unpaired) electrons. The van der Waals surface area contributed by atoms with E-state index in [1.165, 1.54) is 24.7 Å². The summed E-state index contributed by atoms with van der Waals surface area (Å²) >= 11 is 12.0. The molecular weight excluding hydrogens is 472 g/mol. The number of nitrogens with one attached hydrogen (secondary N) is 1. The van der Waals surface area contributed by atoms with Crippen molar-refractivity contribution in [3.8, 4) is 11.3 Å². The van der Waals surface area contributed by atoms with Crippen LogP contribution in [0.4, 0.5) is 4.39 Å². The highest BCUT2D eigenvalue weighted by molar-refractivity contribution is 6.31. The molecule has 7 nitrogen and oxygen atoms in total. The van der Waals surface area contributed by atoms with E-state index in [0.29, 0.717) is 26.9 Å². The Morgan fingerprint density at radius 3 is 2.76 bits per heavy atom. The van der Waals surface area contributed by atoms with Crippen LogP contribution in [0.25, 0.3) is 11.3 Å². The molecule has 1 saturated heterocycles. The number of carbonyl (C=O) groups is 2. The van der Waals surface area contributed by atoms with Crippen LogP contribution in [-0.4, -0.2) is 45.6 Å². The van der Waals surface area contributed by atoms with Gasteiger partial charge in [-0.25, -0.2) is 9.37 Å². The lowest BCUT2D eigenvalue weighted by Gasteiger charge is -2.26. The second-order valence-corrected chi connectivity index (χ2v) is 8.55. The molecule has 0 spiro atoms. The lowest BCUT2D eigenvalue weighted by molar-refractivity contribution is -0.145. The van der Waals surface area contributed by atoms with Gasteiger partial charge >= 0.3 is 0 Å². The zero-order chi connectivity index (χ0) is 23.5. The Labute approximate surface area is 199 Å². The van der Waals surface area contributed by atoms with Crippen molar-refractivity contribution in [3.05, 3.63) is 76.2 Å². The molecule has 2 heterocycles. The third-order valence-corrected chi connectivity index (χ3v) is 5.92. The number of hydrogen-bond acceptors (Lipinski definition) is 5. The van der Waals surface area contributed by atoms with Gasteiger partial charge in [0.05, 0.1) is 12.7 Å². The molecule has 1 fully saturated rings. The predicted molar refractivity (Wildman–Crippen MR) is 120 cm³/mol. The maximum atomic E-state index is 14.2. The number of aliphatic hydroxyl groups is 1. The third kappa shape index (κ3) is 5.19. The number of aliphatic hydroxyl groups excluding tert-OH is 1. The first kappa shape index (κ1) is 23.2. The standard InChI is InChI=1S/C23H20Cl2FN3O4/c24-15-3-1-2-13(6-15)21(30)23(32)29-11-17(26)8-19(29)22(31)28-9-14-7-16(25)4-5-18(14)20-10-27-12-33-20/h1-7,10,12,17,19,21,30H,8-9,11H2,(H,28,31)/t17-,19+,21-/m1/s1. The van der Waals surface area contributed by atoms with Crippen molar-refractivity contribution in [3.63, 3.8) is 0 Å². The Balaban J connectivity index is 1.49. The molecule has 4 rings (SSSR count). The van der Waals surface area contributed by atoms with E-state index in [0.717, 1.165) is 4.90 Å². The van der Waals surface area contributed by atoms with Crippen molar-refractivity contribution >= 4 is 35.0 Å². The molecule has 33 heavy (non-hydrogen) atoms. The zero-order valence-electron chi connectivity index (χ0n) is 17.2. The van der Waals surface area contributed by atoms with E-state index >= 15 is 0 Å². The third-order valence-electron chi connectivity index (χ3n) is 5.45. The number of benzene rings is 2. The summed E-state index contributed by atoms with van der Waals surface area (Å²) in [6.07, 6.45) is -0.273. The lowest BCUT2D eigenvalue weighted by Crippen LogP contribution is -2.47. The number of oxazole rings is 1. The van der Waals surface area contributed by atoms with Gasteiger partial charge in [-0.05, 0) is 41.5 Å². The number of nitrogens with zero attached hydrogens (tertiary/aromatic N) is 2. The van der Waals surface area contributed by atoms with E-state index in [4.69, 9.17) is 27.6 Å². The summed E-state index contributed by atoms with van der Waals surface area (Å²) in [5.41, 5.74) is 1.63. The molecule has 172 valence electrons. The number of likely N-dealkylation sites (tertiary alicyclic amines) is 1. The molecule has 0 saturated carbocycles. The summed E-state index contributed by atoms with van der Waals surface area (Å²) in [4.78, 5) is 30.8. The van der Waals surface area contributed by atoms with E-state index in [1.54, 1.807) is 30.3 Å². The molecule has 1 aliphatic heterocycles. The van der Waals surface area contributed by atoms with Crippen molar-refractivity contribution in [2.24, 2.45) is 0 Å². The Kier molecular flexibility index (Phi) is 6.97. The summed E-state index contributed by atoms with van der Waals surface area (Å²) in [6.45, 7) is -0.212. The van der Waals surface area contributed by atoms with Crippen LogP contribution in [0.1, 0.15) is 23.7 Å². The summed E-state index contributed by atoms with van der Waals surface area (Å²) in [7, 11) is 0. The maximum Gasteiger partial charge on any atom is 0.256 e. The van der Waals surface area contributed by atoms with Gasteiger partial charge in [-0.15, -0.1) is 0 Å². The van der Waals surface area contributed by atoms with Gasteiger partial charge in [0, 0.05) is 28.6 Å². The van der Waals surface area contributed by atoms with Crippen LogP contribution < -0.4 is 5.32 Å². The summed E-state index contributed by atoms with van der Waals surface area (Å²) in [5.74, 6) is -0.796. The van der Waals surface area contributed by atoms with E-state index in [-0.39, 0.29) is 25.1 Å². The number of rotatable bonds is 6. The SMILES string of the molecule is O=C(NCc1cc(Cl)ccc1-c1cnco1)[C@@H]1C[C@@H](F)CN1C(=O)[C@H](O)c1cccc(Cl)c1. The molecule has 3 aromatic rings. The molecule has 1 aliphatic rings. The second-order valence-electron chi connectivity index (χ2n) is 7.68. The van der Waals surface area contributed by atoms with Crippen molar-refractivity contribution in [1.82, 2.24) is 15.2 Å². The fraction of sp³-hybridized carbons (Fsp3) is 0.261. The van der Waals surface area contributed by atoms with Gasteiger partial charge in [0.1, 0.15) is 12.2 Å². The Morgan fingerprint density at radius 1 is 1.24 bits per heavy atom. The molecule has 3 atom stereocenters. The van der Waals surface area contributed by atoms with E-state index in [9.17, 15) is 19.1 Å². The van der Waals surface area contributed by atoms with Crippen LogP contribution in [0.15, 0.2) is 59.5 Å². The average Bonchev–Trinajstić information content (AvgIpc) is 3.46. The monoisotopic (exact) mass is 491 g/mol. The highest BCUT2D eigenvalue weighted by Crippen LogP contribution is 2.28. The normalized spacial score (nSPS) is 18.8. The molecule has 0 bridgehead atoms. The number of carbonyl (C=O) groups excluding carboxylic acids is 2. The van der Waals surface area contributed by atoms with Crippen LogP contribution in [0, 0.1) is 0 Å². The van der Waals surface area contributed by atoms with E-state index in [1.807, 2.05) is 0 Å². The largest absolute Gasteiger partial charge is 0.444 e. The van der Waals surface area contributed by atoms with E-state index < -0.39 is 30.1 Å². The molecule has 10 heteroatoms. The van der Waals surface area contributed by atoms with Crippen LogP contribution in [0.3, 0.4) is 0 Å². The van der Waals surface area contributed by atoms with Gasteiger partial charge in [0.2, 0.25) is 5.91 Å². The van der Waals surface area contributed by atoms with Crippen molar-refractivity contribution in [1.29, 1.82) is 0 Å². The first-order chi connectivity index (χ1) is 15.8. The summed E-state index contributed by atoms with van der Waals surface area (Å²) in [6, 6.07) is 10.2. The van der Waals surface area contributed by atoms with Crippen molar-refractivity contribution < 1.29 is 23.5 Å². The molecule has 0 aliphatic carbocycles. The minimum atomic E-state index is -1.56. The van der Waals surface area contributed by atoms with Gasteiger partial charge in [-0.1, -0.05) is 35.3 Å². The smallest absolute Gasteiger partial charge is 0.256 e. The van der Waals surface area contributed by atoms with Gasteiger partial charge in [0.25, 0.3) is 5.91 Å². The minimum absolute atomic E-state index is 0.0712. The van der Waals surface area contributed by atoms with Crippen LogP contribution in [0.5, 0.6) is 0 Å². The van der Waals surface area contributed by atoms with E-state index in [2.05, 4.69) is 10.3 Å². The molecule has 0 unspecified atom stereocenters.